The third-order valence-corrected chi connectivity index (χ3v) is 5.44. The number of ketones is 1. The van der Waals surface area contributed by atoms with E-state index in [1.165, 1.54) is 11.8 Å². The molecule has 1 amide bonds. The molecule has 144 valence electrons. The van der Waals surface area contributed by atoms with Gasteiger partial charge in [0.1, 0.15) is 0 Å². The van der Waals surface area contributed by atoms with Crippen molar-refractivity contribution < 1.29 is 9.59 Å². The number of benzene rings is 2. The van der Waals surface area contributed by atoms with E-state index in [1.54, 1.807) is 18.2 Å². The highest BCUT2D eigenvalue weighted by molar-refractivity contribution is 7.99. The van der Waals surface area contributed by atoms with Gasteiger partial charge in [-0.2, -0.15) is 0 Å². The van der Waals surface area contributed by atoms with Gasteiger partial charge in [0.25, 0.3) is 5.91 Å². The van der Waals surface area contributed by atoms with Crippen LogP contribution in [0.1, 0.15) is 45.1 Å². The van der Waals surface area contributed by atoms with Crippen molar-refractivity contribution in [1.29, 1.82) is 0 Å². The number of rotatable bonds is 7. The van der Waals surface area contributed by atoms with Crippen molar-refractivity contribution in [3.8, 4) is 0 Å². The monoisotopic (exact) mass is 394 g/mol. The number of hydrogen-bond donors (Lipinski definition) is 1. The minimum absolute atomic E-state index is 0.0380. The molecule has 0 saturated carbocycles. The smallest absolute Gasteiger partial charge is 0.252 e. The van der Waals surface area contributed by atoms with Gasteiger partial charge in [-0.05, 0) is 25.5 Å². The summed E-state index contributed by atoms with van der Waals surface area (Å²) in [5.74, 6) is 0.801. The van der Waals surface area contributed by atoms with Crippen LogP contribution < -0.4 is 5.32 Å². The maximum absolute atomic E-state index is 12.5. The molecule has 0 spiro atoms. The van der Waals surface area contributed by atoms with Gasteiger partial charge in [0, 0.05) is 18.2 Å². The lowest BCUT2D eigenvalue weighted by molar-refractivity contribution is 0.0936. The Labute approximate surface area is 168 Å². The Morgan fingerprint density at radius 1 is 1.07 bits per heavy atom. The number of carbonyl (C=O) groups is 2. The Kier molecular flexibility index (Phi) is 6.26. The van der Waals surface area contributed by atoms with Crippen molar-refractivity contribution in [2.24, 2.45) is 7.05 Å². The van der Waals surface area contributed by atoms with Gasteiger partial charge in [-0.3, -0.25) is 9.59 Å². The molecule has 0 saturated heterocycles. The van der Waals surface area contributed by atoms with E-state index in [1.807, 2.05) is 61.9 Å². The standard InChI is InChI=1S/C21H22N4O2S/c1-14-9-7-8-12-17(14)20(27)22-15(2)19-23-24-21(25(19)3)28-13-18(26)16-10-5-4-6-11-16/h4-12,15H,13H2,1-3H3,(H,22,27). The SMILES string of the molecule is Cc1ccccc1C(=O)NC(C)c1nnc(SCC(=O)c2ccccc2)n1C. The van der Waals surface area contributed by atoms with Gasteiger partial charge in [-0.1, -0.05) is 60.3 Å². The highest BCUT2D eigenvalue weighted by Crippen LogP contribution is 2.20. The molecule has 0 aliphatic carbocycles. The van der Waals surface area contributed by atoms with Crippen LogP contribution in [0.15, 0.2) is 59.8 Å². The molecule has 0 bridgehead atoms. The van der Waals surface area contributed by atoms with E-state index in [4.69, 9.17) is 0 Å². The van der Waals surface area contributed by atoms with E-state index in [9.17, 15) is 9.59 Å². The molecule has 0 radical (unpaired) electrons. The van der Waals surface area contributed by atoms with Crippen LogP contribution in [0.2, 0.25) is 0 Å². The molecule has 1 N–H and O–H groups in total. The Bertz CT molecular complexity index is 985. The number of carbonyl (C=O) groups excluding carboxylic acids is 2. The summed E-state index contributed by atoms with van der Waals surface area (Å²) in [6, 6.07) is 16.3. The van der Waals surface area contributed by atoms with Gasteiger partial charge in [0.05, 0.1) is 11.8 Å². The van der Waals surface area contributed by atoms with Crippen molar-refractivity contribution in [2.75, 3.05) is 5.75 Å². The molecule has 1 unspecified atom stereocenters. The lowest BCUT2D eigenvalue weighted by Crippen LogP contribution is -2.29. The lowest BCUT2D eigenvalue weighted by atomic mass is 10.1. The van der Waals surface area contributed by atoms with E-state index >= 15 is 0 Å². The Balaban J connectivity index is 1.64. The zero-order chi connectivity index (χ0) is 20.1. The van der Waals surface area contributed by atoms with Crippen LogP contribution >= 0.6 is 11.8 Å². The van der Waals surface area contributed by atoms with E-state index < -0.39 is 0 Å². The number of aromatic nitrogens is 3. The molecule has 1 atom stereocenters. The van der Waals surface area contributed by atoms with Crippen LogP contribution in [0, 0.1) is 6.92 Å². The maximum atomic E-state index is 12.5. The number of hydrogen-bond acceptors (Lipinski definition) is 5. The molecule has 7 heteroatoms. The average molecular weight is 395 g/mol. The molecule has 3 rings (SSSR count). The first-order chi connectivity index (χ1) is 13.5. The van der Waals surface area contributed by atoms with E-state index in [0.717, 1.165) is 5.56 Å². The van der Waals surface area contributed by atoms with Crippen LogP contribution in [-0.4, -0.2) is 32.2 Å². The average Bonchev–Trinajstić information content (AvgIpc) is 3.07. The predicted molar refractivity (Wildman–Crippen MR) is 110 cm³/mol. The van der Waals surface area contributed by atoms with Crippen LogP contribution in [-0.2, 0) is 7.05 Å². The molecule has 1 aromatic heterocycles. The van der Waals surface area contributed by atoms with Gasteiger partial charge in [-0.25, -0.2) is 0 Å². The summed E-state index contributed by atoms with van der Waals surface area (Å²) in [4.78, 5) is 24.8. The highest BCUT2D eigenvalue weighted by Gasteiger charge is 2.19. The van der Waals surface area contributed by atoms with Crippen LogP contribution in [0.3, 0.4) is 0 Å². The number of nitrogens with one attached hydrogen (secondary N) is 1. The lowest BCUT2D eigenvalue weighted by Gasteiger charge is -2.14. The first-order valence-corrected chi connectivity index (χ1v) is 9.92. The molecular weight excluding hydrogens is 372 g/mol. The van der Waals surface area contributed by atoms with E-state index in [2.05, 4.69) is 15.5 Å². The van der Waals surface area contributed by atoms with Crippen LogP contribution in [0.4, 0.5) is 0 Å². The zero-order valence-corrected chi connectivity index (χ0v) is 16.9. The van der Waals surface area contributed by atoms with Crippen molar-refractivity contribution in [3.05, 3.63) is 77.1 Å². The fourth-order valence-corrected chi connectivity index (χ4v) is 3.65. The molecule has 0 fully saturated rings. The summed E-state index contributed by atoms with van der Waals surface area (Å²) in [6.07, 6.45) is 0. The quantitative estimate of drug-likeness (QED) is 0.489. The summed E-state index contributed by atoms with van der Waals surface area (Å²) in [7, 11) is 1.83. The second kappa shape index (κ2) is 8.84. The highest BCUT2D eigenvalue weighted by atomic mass is 32.2. The fourth-order valence-electron chi connectivity index (χ4n) is 2.83. The van der Waals surface area contributed by atoms with Crippen molar-refractivity contribution in [2.45, 2.75) is 25.0 Å². The first kappa shape index (κ1) is 19.8. The zero-order valence-electron chi connectivity index (χ0n) is 16.0. The molecular formula is C21H22N4O2S. The third kappa shape index (κ3) is 4.48. The number of Topliss-reactive ketones (excluding diaryl/α,β-unsaturated/α-hetero) is 1. The van der Waals surface area contributed by atoms with Crippen molar-refractivity contribution in [3.63, 3.8) is 0 Å². The number of thioether (sulfide) groups is 1. The topological polar surface area (TPSA) is 76.9 Å². The summed E-state index contributed by atoms with van der Waals surface area (Å²) < 4.78 is 1.81. The summed E-state index contributed by atoms with van der Waals surface area (Å²) in [5, 5.41) is 12.0. The van der Waals surface area contributed by atoms with Gasteiger partial charge in [-0.15, -0.1) is 10.2 Å². The minimum atomic E-state index is -0.316. The molecule has 0 aliphatic heterocycles. The predicted octanol–water partition coefficient (Wildman–Crippen LogP) is 3.59. The molecule has 28 heavy (non-hydrogen) atoms. The van der Waals surface area contributed by atoms with Crippen LogP contribution in [0.5, 0.6) is 0 Å². The van der Waals surface area contributed by atoms with Crippen molar-refractivity contribution >= 4 is 23.5 Å². The molecule has 0 aliphatic rings. The van der Waals surface area contributed by atoms with E-state index in [-0.39, 0.29) is 23.5 Å². The number of aryl methyl sites for hydroxylation is 1. The van der Waals surface area contributed by atoms with Gasteiger partial charge in [0.2, 0.25) is 0 Å². The first-order valence-electron chi connectivity index (χ1n) is 8.94. The third-order valence-electron chi connectivity index (χ3n) is 4.42. The largest absolute Gasteiger partial charge is 0.342 e. The van der Waals surface area contributed by atoms with Gasteiger partial charge < -0.3 is 9.88 Å². The van der Waals surface area contributed by atoms with E-state index in [0.29, 0.717) is 22.1 Å². The normalized spacial score (nSPS) is 11.8. The second-order valence-corrected chi connectivity index (χ2v) is 7.43. The summed E-state index contributed by atoms with van der Waals surface area (Å²) in [6.45, 7) is 3.77. The summed E-state index contributed by atoms with van der Waals surface area (Å²) >= 11 is 1.33. The Hall–Kier alpha value is -2.93. The summed E-state index contributed by atoms with van der Waals surface area (Å²) in [5.41, 5.74) is 2.23. The number of amides is 1. The van der Waals surface area contributed by atoms with Gasteiger partial charge in [0.15, 0.2) is 16.8 Å². The molecule has 6 nitrogen and oxygen atoms in total. The minimum Gasteiger partial charge on any atom is -0.342 e. The molecule has 2 aromatic carbocycles. The van der Waals surface area contributed by atoms with Crippen LogP contribution in [0.25, 0.3) is 0 Å². The fraction of sp³-hybridized carbons (Fsp3) is 0.238. The Morgan fingerprint density at radius 3 is 2.46 bits per heavy atom. The van der Waals surface area contributed by atoms with Crippen molar-refractivity contribution in [1.82, 2.24) is 20.1 Å². The van der Waals surface area contributed by atoms with Gasteiger partial charge >= 0.3 is 0 Å². The second-order valence-electron chi connectivity index (χ2n) is 6.49. The number of nitrogens with zero attached hydrogens (tertiary/aromatic N) is 3. The maximum Gasteiger partial charge on any atom is 0.252 e. The molecule has 3 aromatic rings. The Morgan fingerprint density at radius 2 is 1.75 bits per heavy atom. The molecule has 1 heterocycles.